The third kappa shape index (κ3) is 12.0. The normalized spacial score (nSPS) is 13.0. The van der Waals surface area contributed by atoms with E-state index in [0.29, 0.717) is 45.2 Å². The molecule has 1 amide bonds. The summed E-state index contributed by atoms with van der Waals surface area (Å²) in [6, 6.07) is 13.1. The van der Waals surface area contributed by atoms with Crippen molar-refractivity contribution in [3.8, 4) is 0 Å². The van der Waals surface area contributed by atoms with Crippen LogP contribution in [0.25, 0.3) is 10.9 Å². The number of esters is 1. The van der Waals surface area contributed by atoms with Crippen LogP contribution in [0, 0.1) is 5.41 Å². The van der Waals surface area contributed by atoms with Gasteiger partial charge in [0.1, 0.15) is 6.61 Å². The van der Waals surface area contributed by atoms with Crippen molar-refractivity contribution in [3.05, 3.63) is 70.4 Å². The Kier molecular flexibility index (Phi) is 14.1. The molecule has 0 aliphatic rings. The largest absolute Gasteiger partial charge is 0.460 e. The maximum atomic E-state index is 14.1. The molecule has 1 heterocycles. The monoisotopic (exact) mass is 732 g/mol. The molecule has 0 saturated heterocycles. The standard InChI is InChI=1S/C41H65N9O3/c1-38(2,3)27-21-29(39(4,5)6)32-28(33(40(7,8)9)50-31(32)22-27)23-30(42)34(51)49-25-41(17-13-19-47-36(43)44,18-14-20-48-37(45)46)35(52)53-24-26-15-11-10-12-16-26/h10-12,15-16,21-22,30,50H,13-14,17-20,23-25,42H2,1-9H3,(H,49,51)(H4,43,44,47)(H4,45,46,48)/t30-/m0/s1. The second kappa shape index (κ2) is 17.5. The molecule has 0 aliphatic carbocycles. The molecule has 12 heteroatoms. The predicted octanol–water partition coefficient (Wildman–Crippen LogP) is 4.88. The lowest BCUT2D eigenvalue weighted by molar-refractivity contribution is -0.158. The summed E-state index contributed by atoms with van der Waals surface area (Å²) in [5.74, 6) is -0.881. The molecule has 0 fully saturated rings. The first-order valence-corrected chi connectivity index (χ1v) is 18.6. The van der Waals surface area contributed by atoms with E-state index in [1.807, 2.05) is 30.3 Å². The minimum Gasteiger partial charge on any atom is -0.460 e. The van der Waals surface area contributed by atoms with Crippen molar-refractivity contribution in [1.29, 1.82) is 0 Å². The number of nitrogens with zero attached hydrogens (tertiary/aromatic N) is 2. The quantitative estimate of drug-likeness (QED) is 0.0464. The second-order valence-corrected chi connectivity index (χ2v) is 17.4. The van der Waals surface area contributed by atoms with E-state index in [1.54, 1.807) is 0 Å². The number of benzene rings is 2. The summed E-state index contributed by atoms with van der Waals surface area (Å²) in [4.78, 5) is 40.1. The van der Waals surface area contributed by atoms with Gasteiger partial charge in [-0.25, -0.2) is 0 Å². The zero-order chi connectivity index (χ0) is 39.8. The molecule has 53 heavy (non-hydrogen) atoms. The summed E-state index contributed by atoms with van der Waals surface area (Å²) in [6.45, 7) is 20.5. The smallest absolute Gasteiger partial charge is 0.314 e. The summed E-state index contributed by atoms with van der Waals surface area (Å²) in [5, 5.41) is 4.16. The zero-order valence-corrected chi connectivity index (χ0v) is 33.5. The fourth-order valence-corrected chi connectivity index (χ4v) is 6.68. The van der Waals surface area contributed by atoms with Crippen molar-refractivity contribution in [3.63, 3.8) is 0 Å². The van der Waals surface area contributed by atoms with E-state index in [1.165, 1.54) is 11.1 Å². The van der Waals surface area contributed by atoms with Crippen molar-refractivity contribution < 1.29 is 14.3 Å². The van der Waals surface area contributed by atoms with Crippen molar-refractivity contribution in [2.75, 3.05) is 19.6 Å². The van der Waals surface area contributed by atoms with Crippen LogP contribution in [-0.4, -0.2) is 54.5 Å². The summed E-state index contributed by atoms with van der Waals surface area (Å²) in [5.41, 5.74) is 33.9. The molecule has 3 aromatic rings. The number of carbonyl (C=O) groups is 2. The van der Waals surface area contributed by atoms with Gasteiger partial charge in [0.2, 0.25) is 5.91 Å². The van der Waals surface area contributed by atoms with Gasteiger partial charge in [-0.05, 0) is 71.3 Å². The van der Waals surface area contributed by atoms with Gasteiger partial charge in [0, 0.05) is 41.6 Å². The van der Waals surface area contributed by atoms with Gasteiger partial charge < -0.3 is 43.7 Å². The van der Waals surface area contributed by atoms with Gasteiger partial charge in [-0.1, -0.05) is 98.7 Å². The van der Waals surface area contributed by atoms with E-state index in [0.717, 1.165) is 27.7 Å². The molecule has 0 spiro atoms. The van der Waals surface area contributed by atoms with Gasteiger partial charge in [-0.3, -0.25) is 19.6 Å². The molecule has 0 saturated carbocycles. The Labute approximate surface area is 316 Å². The zero-order valence-electron chi connectivity index (χ0n) is 33.5. The number of hydrogen-bond donors (Lipinski definition) is 7. The summed E-state index contributed by atoms with van der Waals surface area (Å²) >= 11 is 0. The predicted molar refractivity (Wildman–Crippen MR) is 218 cm³/mol. The van der Waals surface area contributed by atoms with Crippen molar-refractivity contribution in [1.82, 2.24) is 10.3 Å². The van der Waals surface area contributed by atoms with Gasteiger partial charge in [-0.15, -0.1) is 0 Å². The number of aromatic amines is 1. The van der Waals surface area contributed by atoms with E-state index < -0.39 is 17.4 Å². The molecule has 0 unspecified atom stereocenters. The van der Waals surface area contributed by atoms with Crippen LogP contribution in [0.2, 0.25) is 0 Å². The van der Waals surface area contributed by atoms with E-state index in [-0.39, 0.29) is 47.2 Å². The van der Waals surface area contributed by atoms with E-state index in [2.05, 4.69) is 94.7 Å². The highest BCUT2D eigenvalue weighted by atomic mass is 16.5. The number of nitrogens with two attached hydrogens (primary N) is 5. The first-order chi connectivity index (χ1) is 24.5. The average Bonchev–Trinajstić information content (AvgIpc) is 3.43. The number of aliphatic imine (C=N–C) groups is 2. The first-order valence-electron chi connectivity index (χ1n) is 18.6. The number of nitrogens with one attached hydrogen (secondary N) is 2. The number of rotatable bonds is 16. The molecular weight excluding hydrogens is 667 g/mol. The number of fused-ring (bicyclic) bond motifs is 1. The summed E-state index contributed by atoms with van der Waals surface area (Å²) in [7, 11) is 0. The Hall–Kier alpha value is -4.58. The third-order valence-electron chi connectivity index (χ3n) is 9.65. The highest BCUT2D eigenvalue weighted by Gasteiger charge is 2.40. The highest BCUT2D eigenvalue weighted by Crippen LogP contribution is 2.41. The molecule has 0 radical (unpaired) electrons. The van der Waals surface area contributed by atoms with Crippen LogP contribution in [0.15, 0.2) is 52.4 Å². The Morgan fingerprint density at radius 3 is 1.87 bits per heavy atom. The van der Waals surface area contributed by atoms with Crippen molar-refractivity contribution in [2.45, 2.75) is 123 Å². The van der Waals surface area contributed by atoms with Gasteiger partial charge in [0.25, 0.3) is 0 Å². The van der Waals surface area contributed by atoms with Crippen LogP contribution in [0.5, 0.6) is 0 Å². The molecule has 1 atom stereocenters. The van der Waals surface area contributed by atoms with E-state index >= 15 is 0 Å². The Morgan fingerprint density at radius 2 is 1.38 bits per heavy atom. The Balaban J connectivity index is 2.00. The van der Waals surface area contributed by atoms with E-state index in [9.17, 15) is 9.59 Å². The van der Waals surface area contributed by atoms with Crippen LogP contribution in [0.3, 0.4) is 0 Å². The number of H-pyrrole nitrogens is 1. The molecule has 292 valence electrons. The lowest BCUT2D eigenvalue weighted by Gasteiger charge is -2.32. The fraction of sp³-hybridized carbons (Fsp3) is 0.561. The minimum atomic E-state index is -1.12. The molecule has 0 aliphatic heterocycles. The number of guanidine groups is 2. The Morgan fingerprint density at radius 1 is 0.811 bits per heavy atom. The summed E-state index contributed by atoms with van der Waals surface area (Å²) in [6.07, 6.45) is 1.93. The van der Waals surface area contributed by atoms with Crippen molar-refractivity contribution >= 4 is 34.7 Å². The lowest BCUT2D eigenvalue weighted by Crippen LogP contribution is -2.49. The first kappa shape index (κ1) is 42.8. The minimum absolute atomic E-state index is 0.000996. The molecular formula is C41H65N9O3. The number of aromatic nitrogens is 1. The average molecular weight is 732 g/mol. The van der Waals surface area contributed by atoms with Crippen LogP contribution >= 0.6 is 0 Å². The number of ether oxygens (including phenoxy) is 1. The number of hydrogen-bond acceptors (Lipinski definition) is 6. The third-order valence-corrected chi connectivity index (χ3v) is 9.65. The van der Waals surface area contributed by atoms with Gasteiger partial charge >= 0.3 is 5.97 Å². The second-order valence-electron chi connectivity index (χ2n) is 17.4. The van der Waals surface area contributed by atoms with Crippen LogP contribution in [0.4, 0.5) is 0 Å². The maximum absolute atomic E-state index is 14.1. The molecule has 0 bridgehead atoms. The number of carbonyl (C=O) groups excluding carboxylic acids is 2. The van der Waals surface area contributed by atoms with Gasteiger partial charge in [-0.2, -0.15) is 0 Å². The maximum Gasteiger partial charge on any atom is 0.314 e. The SMILES string of the molecule is CC(C)(C)c1cc(C(C)(C)C)c2c(C[C@H](N)C(=O)NCC(CCCN=C(N)N)(CCCN=C(N)N)C(=O)OCc3ccccc3)c(C(C)(C)C)[nH]c2c1. The summed E-state index contributed by atoms with van der Waals surface area (Å²) < 4.78 is 5.91. The van der Waals surface area contributed by atoms with Crippen LogP contribution < -0.4 is 34.0 Å². The molecule has 1 aromatic heterocycles. The molecule has 12 nitrogen and oxygen atoms in total. The fourth-order valence-electron chi connectivity index (χ4n) is 6.68. The molecule has 12 N–H and O–H groups in total. The molecule has 3 rings (SSSR count). The van der Waals surface area contributed by atoms with Gasteiger partial charge in [0.05, 0.1) is 11.5 Å². The van der Waals surface area contributed by atoms with Crippen LogP contribution in [0.1, 0.15) is 116 Å². The van der Waals surface area contributed by atoms with Crippen molar-refractivity contribution in [2.24, 2.45) is 44.1 Å². The molecule has 2 aromatic carbocycles. The van der Waals surface area contributed by atoms with Crippen LogP contribution in [-0.2, 0) is 43.6 Å². The number of amides is 1. The highest BCUT2D eigenvalue weighted by molar-refractivity contribution is 5.92. The topological polar surface area (TPSA) is 226 Å². The van der Waals surface area contributed by atoms with E-state index in [4.69, 9.17) is 33.4 Å². The lowest BCUT2D eigenvalue weighted by atomic mass is 9.77. The Bertz CT molecular complexity index is 1730. The van der Waals surface area contributed by atoms with Gasteiger partial charge in [0.15, 0.2) is 11.9 Å².